The topological polar surface area (TPSA) is 76.1 Å². The molecule has 0 bridgehead atoms. The minimum absolute atomic E-state index is 0.000271. The van der Waals surface area contributed by atoms with Crippen molar-refractivity contribution in [3.8, 4) is 0 Å². The quantitative estimate of drug-likeness (QED) is 0.799. The van der Waals surface area contributed by atoms with Crippen LogP contribution in [0.1, 0.15) is 46.5 Å². The Morgan fingerprint density at radius 2 is 1.87 bits per heavy atom. The maximum Gasteiger partial charge on any atom is 0.413 e. The van der Waals surface area contributed by atoms with Gasteiger partial charge in [-0.3, -0.25) is 4.90 Å². The second-order valence-corrected chi connectivity index (χ2v) is 6.53. The van der Waals surface area contributed by atoms with Gasteiger partial charge in [0.25, 0.3) is 0 Å². The highest BCUT2D eigenvalue weighted by molar-refractivity contribution is 5.82. The van der Waals surface area contributed by atoms with Crippen LogP contribution in [-0.4, -0.2) is 52.7 Å². The van der Waals surface area contributed by atoms with E-state index in [1.165, 1.54) is 0 Å². The van der Waals surface area contributed by atoms with Crippen molar-refractivity contribution < 1.29 is 37.3 Å². The minimum Gasteiger partial charge on any atom is -0.467 e. The molecule has 1 rings (SSSR count). The van der Waals surface area contributed by atoms with E-state index in [2.05, 4.69) is 4.74 Å². The van der Waals surface area contributed by atoms with Gasteiger partial charge in [-0.15, -0.1) is 0 Å². The number of amides is 1. The summed E-state index contributed by atoms with van der Waals surface area (Å²) in [5, 5.41) is 10.5. The first kappa shape index (κ1) is 19.5. The maximum absolute atomic E-state index is 12.5. The Morgan fingerprint density at radius 1 is 1.30 bits per heavy atom. The first-order valence-electron chi connectivity index (χ1n) is 7.18. The van der Waals surface area contributed by atoms with Crippen LogP contribution in [0.4, 0.5) is 18.0 Å². The average Bonchev–Trinajstić information content (AvgIpc) is 2.71. The summed E-state index contributed by atoms with van der Waals surface area (Å²) < 4.78 is 47.1. The molecule has 1 heterocycles. The van der Waals surface area contributed by atoms with Crippen LogP contribution in [0.25, 0.3) is 0 Å². The summed E-state index contributed by atoms with van der Waals surface area (Å²) in [6.45, 7) is 4.72. The van der Waals surface area contributed by atoms with Crippen LogP contribution in [0.2, 0.25) is 0 Å². The highest BCUT2D eigenvalue weighted by Gasteiger charge is 2.53. The van der Waals surface area contributed by atoms with Crippen LogP contribution in [0.5, 0.6) is 0 Å². The molecule has 9 heteroatoms. The van der Waals surface area contributed by atoms with E-state index in [1.807, 2.05) is 0 Å². The largest absolute Gasteiger partial charge is 0.467 e. The number of hydrogen-bond acceptors (Lipinski definition) is 5. The van der Waals surface area contributed by atoms with E-state index < -0.39 is 48.4 Å². The van der Waals surface area contributed by atoms with Gasteiger partial charge in [0, 0.05) is 12.8 Å². The number of carbonyl (C=O) groups is 2. The molecule has 1 aliphatic rings. The van der Waals surface area contributed by atoms with E-state index in [0.717, 1.165) is 7.11 Å². The van der Waals surface area contributed by atoms with Crippen molar-refractivity contribution in [1.29, 1.82) is 0 Å². The third kappa shape index (κ3) is 5.26. The van der Waals surface area contributed by atoms with E-state index in [-0.39, 0.29) is 12.8 Å². The minimum atomic E-state index is -4.49. The standard InChI is InChI=1S/C14H22F3NO5/c1-12(2,3)23-11(20)18-9(10(19)22-4)5-6-13(18,21)7-8-14(15,16)17/h9,21H,5-8H2,1-4H3/t9-,13+/m1/s1. The van der Waals surface area contributed by atoms with E-state index in [4.69, 9.17) is 4.74 Å². The van der Waals surface area contributed by atoms with Gasteiger partial charge < -0.3 is 14.6 Å². The Balaban J connectivity index is 3.04. The molecular weight excluding hydrogens is 319 g/mol. The number of rotatable bonds is 3. The third-order valence-electron chi connectivity index (χ3n) is 3.45. The molecule has 1 saturated heterocycles. The number of ether oxygens (including phenoxy) is 2. The zero-order valence-electron chi connectivity index (χ0n) is 13.6. The fraction of sp³-hybridized carbons (Fsp3) is 0.857. The maximum atomic E-state index is 12.5. The summed E-state index contributed by atoms with van der Waals surface area (Å²) in [5.74, 6) is -0.807. The fourth-order valence-corrected chi connectivity index (χ4v) is 2.46. The van der Waals surface area contributed by atoms with E-state index in [1.54, 1.807) is 20.8 Å². The number of nitrogens with zero attached hydrogens (tertiary/aromatic N) is 1. The van der Waals surface area contributed by atoms with Crippen LogP contribution < -0.4 is 0 Å². The molecule has 0 aliphatic carbocycles. The highest BCUT2D eigenvalue weighted by Crippen LogP contribution is 2.39. The number of carbonyl (C=O) groups excluding carboxylic acids is 2. The van der Waals surface area contributed by atoms with E-state index >= 15 is 0 Å². The van der Waals surface area contributed by atoms with Crippen molar-refractivity contribution in [2.45, 2.75) is 70.0 Å². The van der Waals surface area contributed by atoms with E-state index in [9.17, 15) is 27.9 Å². The van der Waals surface area contributed by atoms with Crippen molar-refractivity contribution in [1.82, 2.24) is 4.90 Å². The monoisotopic (exact) mass is 341 g/mol. The lowest BCUT2D eigenvalue weighted by Crippen LogP contribution is -2.54. The predicted octanol–water partition coefficient (Wildman–Crippen LogP) is 2.59. The second-order valence-electron chi connectivity index (χ2n) is 6.53. The van der Waals surface area contributed by atoms with Gasteiger partial charge in [0.05, 0.1) is 7.11 Å². The van der Waals surface area contributed by atoms with Gasteiger partial charge in [-0.1, -0.05) is 0 Å². The van der Waals surface area contributed by atoms with Crippen molar-refractivity contribution in [3.05, 3.63) is 0 Å². The number of likely N-dealkylation sites (tertiary alicyclic amines) is 1. The lowest BCUT2D eigenvalue weighted by molar-refractivity contribution is -0.169. The fourth-order valence-electron chi connectivity index (χ4n) is 2.46. The molecule has 23 heavy (non-hydrogen) atoms. The summed E-state index contributed by atoms with van der Waals surface area (Å²) in [6, 6.07) is -1.17. The van der Waals surface area contributed by atoms with Crippen LogP contribution in [-0.2, 0) is 14.3 Å². The van der Waals surface area contributed by atoms with Gasteiger partial charge in [-0.2, -0.15) is 13.2 Å². The zero-order chi connectivity index (χ0) is 18.1. The summed E-state index contributed by atoms with van der Waals surface area (Å²) in [6.07, 6.45) is -7.71. The van der Waals surface area contributed by atoms with Crippen molar-refractivity contribution in [2.24, 2.45) is 0 Å². The van der Waals surface area contributed by atoms with Crippen molar-refractivity contribution >= 4 is 12.1 Å². The van der Waals surface area contributed by atoms with Crippen LogP contribution >= 0.6 is 0 Å². The molecule has 0 aromatic heterocycles. The normalized spacial score (nSPS) is 25.4. The third-order valence-corrected chi connectivity index (χ3v) is 3.45. The van der Waals surface area contributed by atoms with Crippen molar-refractivity contribution in [3.63, 3.8) is 0 Å². The molecule has 0 aromatic rings. The Labute approximate surface area is 132 Å². The van der Waals surface area contributed by atoms with Gasteiger partial charge in [0.15, 0.2) is 0 Å². The van der Waals surface area contributed by atoms with Gasteiger partial charge in [0.2, 0.25) is 0 Å². The molecule has 0 unspecified atom stereocenters. The lowest BCUT2D eigenvalue weighted by Gasteiger charge is -2.37. The molecule has 2 atom stereocenters. The predicted molar refractivity (Wildman–Crippen MR) is 73.3 cm³/mol. The molecule has 1 fully saturated rings. The van der Waals surface area contributed by atoms with Gasteiger partial charge in [-0.05, 0) is 33.6 Å². The first-order valence-corrected chi connectivity index (χ1v) is 7.18. The highest BCUT2D eigenvalue weighted by atomic mass is 19.4. The molecule has 1 aliphatic heterocycles. The number of hydrogen-bond donors (Lipinski definition) is 1. The van der Waals surface area contributed by atoms with E-state index in [0.29, 0.717) is 4.90 Å². The van der Waals surface area contributed by atoms with Crippen LogP contribution in [0, 0.1) is 0 Å². The second kappa shape index (κ2) is 6.54. The van der Waals surface area contributed by atoms with Gasteiger partial charge in [-0.25, -0.2) is 9.59 Å². The molecule has 1 N–H and O–H groups in total. The average molecular weight is 341 g/mol. The lowest BCUT2D eigenvalue weighted by atomic mass is 10.0. The molecule has 134 valence electrons. The number of aliphatic hydroxyl groups is 1. The molecule has 6 nitrogen and oxygen atoms in total. The summed E-state index contributed by atoms with van der Waals surface area (Å²) in [5.41, 5.74) is -3.03. The molecule has 1 amide bonds. The first-order chi connectivity index (χ1) is 10.3. The van der Waals surface area contributed by atoms with Gasteiger partial charge >= 0.3 is 18.2 Å². The smallest absolute Gasteiger partial charge is 0.413 e. The molecule has 0 saturated carbocycles. The molecule has 0 aromatic carbocycles. The summed E-state index contributed by atoms with van der Waals surface area (Å²) in [7, 11) is 1.10. The molecule has 0 spiro atoms. The summed E-state index contributed by atoms with van der Waals surface area (Å²) >= 11 is 0. The Bertz CT molecular complexity index is 460. The summed E-state index contributed by atoms with van der Waals surface area (Å²) in [4.78, 5) is 24.7. The number of methoxy groups -OCH3 is 1. The Morgan fingerprint density at radius 3 is 2.30 bits per heavy atom. The molecule has 0 radical (unpaired) electrons. The number of esters is 1. The number of halogens is 3. The van der Waals surface area contributed by atoms with Crippen LogP contribution in [0.15, 0.2) is 0 Å². The SMILES string of the molecule is COC(=O)[C@H]1CC[C@](O)(CCC(F)(F)F)N1C(=O)OC(C)(C)C. The Kier molecular flexibility index (Phi) is 5.56. The molecular formula is C14H22F3NO5. The van der Waals surface area contributed by atoms with Crippen molar-refractivity contribution in [2.75, 3.05) is 7.11 Å². The number of alkyl halides is 3. The van der Waals surface area contributed by atoms with Crippen LogP contribution in [0.3, 0.4) is 0 Å². The van der Waals surface area contributed by atoms with Gasteiger partial charge in [0.1, 0.15) is 17.4 Å². The Hall–Kier alpha value is -1.51. The zero-order valence-corrected chi connectivity index (χ0v) is 13.6.